The van der Waals surface area contributed by atoms with E-state index in [2.05, 4.69) is 9.71 Å². The van der Waals surface area contributed by atoms with Crippen LogP contribution in [0.2, 0.25) is 0 Å². The molecule has 3 rings (SSSR count). The number of hydrogen-bond acceptors (Lipinski definition) is 5. The van der Waals surface area contributed by atoms with Crippen LogP contribution in [-0.4, -0.2) is 31.5 Å². The van der Waals surface area contributed by atoms with Crippen molar-refractivity contribution in [3.63, 3.8) is 0 Å². The van der Waals surface area contributed by atoms with Crippen LogP contribution in [0.15, 0.2) is 29.4 Å². The lowest BCUT2D eigenvalue weighted by Gasteiger charge is -2.17. The smallest absolute Gasteiger partial charge is 0.265 e. The Morgan fingerprint density at radius 1 is 1.42 bits per heavy atom. The number of ether oxygens (including phenoxy) is 1. The zero-order valence-corrected chi connectivity index (χ0v) is 11.0. The van der Waals surface area contributed by atoms with Gasteiger partial charge in [0.25, 0.3) is 10.0 Å². The number of hydrogen-bond donors (Lipinski definition) is 1. The van der Waals surface area contributed by atoms with Crippen LogP contribution in [0, 0.1) is 5.92 Å². The van der Waals surface area contributed by atoms with Crippen molar-refractivity contribution in [3.05, 3.63) is 24.5 Å². The quantitative estimate of drug-likeness (QED) is 0.870. The van der Waals surface area contributed by atoms with Gasteiger partial charge in [0.1, 0.15) is 4.90 Å². The summed E-state index contributed by atoms with van der Waals surface area (Å²) >= 11 is 0. The predicted octanol–water partition coefficient (Wildman–Crippen LogP) is 0.454. The molecule has 2 bridgehead atoms. The summed E-state index contributed by atoms with van der Waals surface area (Å²) in [5.41, 5.74) is 0. The van der Waals surface area contributed by atoms with Gasteiger partial charge in [-0.2, -0.15) is 0 Å². The van der Waals surface area contributed by atoms with Crippen LogP contribution in [0.1, 0.15) is 19.3 Å². The second-order valence-electron chi connectivity index (χ2n) is 4.87. The standard InChI is InChI=1S/C12H14N2O4S/c15-12(10-6-8-3-4-11(10)18-8)14-19(16,17)9-2-1-5-13-7-9/h1-2,5,7-8,10-11H,3-4,6H2,(H,14,15). The number of nitrogens with one attached hydrogen (secondary N) is 1. The average molecular weight is 282 g/mol. The third-order valence-corrected chi connectivity index (χ3v) is 4.95. The van der Waals surface area contributed by atoms with Crippen molar-refractivity contribution in [2.75, 3.05) is 0 Å². The Morgan fingerprint density at radius 2 is 2.26 bits per heavy atom. The van der Waals surface area contributed by atoms with E-state index in [1.807, 2.05) is 0 Å². The number of carbonyl (C=O) groups excluding carboxylic acids is 1. The van der Waals surface area contributed by atoms with Crippen LogP contribution < -0.4 is 4.72 Å². The molecular weight excluding hydrogens is 268 g/mol. The summed E-state index contributed by atoms with van der Waals surface area (Å²) < 4.78 is 31.7. The molecule has 7 heteroatoms. The number of pyridine rings is 1. The minimum Gasteiger partial charge on any atom is -0.374 e. The van der Waals surface area contributed by atoms with Crippen molar-refractivity contribution in [1.29, 1.82) is 0 Å². The summed E-state index contributed by atoms with van der Waals surface area (Å²) in [5, 5.41) is 0. The van der Waals surface area contributed by atoms with Crippen LogP contribution >= 0.6 is 0 Å². The van der Waals surface area contributed by atoms with Crippen LogP contribution in [-0.2, 0) is 19.6 Å². The third kappa shape index (κ3) is 2.35. The molecule has 2 saturated heterocycles. The van der Waals surface area contributed by atoms with Crippen molar-refractivity contribution in [2.45, 2.75) is 36.4 Å². The van der Waals surface area contributed by atoms with Gasteiger partial charge in [-0.25, -0.2) is 13.1 Å². The van der Waals surface area contributed by atoms with Crippen LogP contribution in [0.4, 0.5) is 0 Å². The van der Waals surface area contributed by atoms with Crippen molar-refractivity contribution < 1.29 is 17.9 Å². The first kappa shape index (κ1) is 12.6. The Morgan fingerprint density at radius 3 is 2.84 bits per heavy atom. The second-order valence-corrected chi connectivity index (χ2v) is 6.56. The van der Waals surface area contributed by atoms with E-state index < -0.39 is 15.9 Å². The van der Waals surface area contributed by atoms with Crippen molar-refractivity contribution >= 4 is 15.9 Å². The second kappa shape index (κ2) is 4.57. The maximum absolute atomic E-state index is 12.0. The van der Waals surface area contributed by atoms with Gasteiger partial charge in [-0.1, -0.05) is 0 Å². The van der Waals surface area contributed by atoms with Gasteiger partial charge in [0.05, 0.1) is 18.1 Å². The van der Waals surface area contributed by atoms with E-state index in [9.17, 15) is 13.2 Å². The number of carbonyl (C=O) groups is 1. The first-order valence-corrected chi connectivity index (χ1v) is 7.67. The average Bonchev–Trinajstić information content (AvgIpc) is 3.01. The highest BCUT2D eigenvalue weighted by Gasteiger charge is 2.45. The van der Waals surface area contributed by atoms with Crippen molar-refractivity contribution in [3.8, 4) is 0 Å². The van der Waals surface area contributed by atoms with E-state index >= 15 is 0 Å². The molecule has 3 heterocycles. The first-order chi connectivity index (χ1) is 9.06. The molecule has 0 aromatic carbocycles. The van der Waals surface area contributed by atoms with Gasteiger partial charge in [-0.15, -0.1) is 0 Å². The molecule has 19 heavy (non-hydrogen) atoms. The Kier molecular flexibility index (Phi) is 3.02. The minimum atomic E-state index is -3.83. The molecule has 2 fully saturated rings. The molecule has 102 valence electrons. The maximum atomic E-state index is 12.0. The fourth-order valence-corrected chi connectivity index (χ4v) is 3.68. The molecule has 2 aliphatic heterocycles. The van der Waals surface area contributed by atoms with Gasteiger partial charge in [0.15, 0.2) is 0 Å². The van der Waals surface area contributed by atoms with Gasteiger partial charge in [-0.05, 0) is 31.4 Å². The molecule has 3 atom stereocenters. The number of aromatic nitrogens is 1. The summed E-state index contributed by atoms with van der Waals surface area (Å²) in [6.45, 7) is 0. The molecular formula is C12H14N2O4S. The lowest BCUT2D eigenvalue weighted by molar-refractivity contribution is -0.124. The number of amides is 1. The summed E-state index contributed by atoms with van der Waals surface area (Å²) in [7, 11) is -3.83. The van der Waals surface area contributed by atoms with E-state index in [-0.39, 0.29) is 23.0 Å². The lowest BCUT2D eigenvalue weighted by Crippen LogP contribution is -2.39. The Hall–Kier alpha value is -1.47. The summed E-state index contributed by atoms with van der Waals surface area (Å²) in [6.07, 6.45) is 5.08. The normalized spacial score (nSPS) is 29.4. The fourth-order valence-electron chi connectivity index (χ4n) is 2.69. The maximum Gasteiger partial charge on any atom is 0.265 e. The van der Waals surface area contributed by atoms with E-state index in [1.165, 1.54) is 24.5 Å². The highest BCUT2D eigenvalue weighted by molar-refractivity contribution is 7.90. The first-order valence-electron chi connectivity index (χ1n) is 6.18. The van der Waals surface area contributed by atoms with Crippen molar-refractivity contribution in [1.82, 2.24) is 9.71 Å². The Balaban J connectivity index is 1.73. The largest absolute Gasteiger partial charge is 0.374 e. The Bertz CT molecular complexity index is 587. The Labute approximate surface area is 111 Å². The fraction of sp³-hybridized carbons (Fsp3) is 0.500. The van der Waals surface area contributed by atoms with Crippen molar-refractivity contribution in [2.24, 2.45) is 5.92 Å². The monoisotopic (exact) mass is 282 g/mol. The molecule has 1 aromatic rings. The highest BCUT2D eigenvalue weighted by atomic mass is 32.2. The molecule has 0 spiro atoms. The zero-order chi connectivity index (χ0) is 13.5. The van der Waals surface area contributed by atoms with Crippen LogP contribution in [0.25, 0.3) is 0 Å². The van der Waals surface area contributed by atoms with Gasteiger partial charge in [0, 0.05) is 12.4 Å². The van der Waals surface area contributed by atoms with Gasteiger partial charge >= 0.3 is 0 Å². The predicted molar refractivity (Wildman–Crippen MR) is 65.6 cm³/mol. The van der Waals surface area contributed by atoms with E-state index in [0.717, 1.165) is 12.8 Å². The molecule has 2 aliphatic rings. The van der Waals surface area contributed by atoms with Crippen LogP contribution in [0.3, 0.4) is 0 Å². The SMILES string of the molecule is O=C(NS(=O)(=O)c1cccnc1)C1CC2CCC1O2. The summed E-state index contributed by atoms with van der Waals surface area (Å²) in [5.74, 6) is -0.832. The molecule has 0 saturated carbocycles. The minimum absolute atomic E-state index is 0.00701. The number of rotatable bonds is 3. The van der Waals surface area contributed by atoms with Gasteiger partial charge < -0.3 is 4.74 Å². The molecule has 3 unspecified atom stereocenters. The van der Waals surface area contributed by atoms with Gasteiger partial charge in [-0.3, -0.25) is 9.78 Å². The number of nitrogens with zero attached hydrogens (tertiary/aromatic N) is 1. The molecule has 0 radical (unpaired) electrons. The molecule has 1 N–H and O–H groups in total. The van der Waals surface area contributed by atoms with E-state index in [4.69, 9.17) is 4.74 Å². The summed E-state index contributed by atoms with van der Waals surface area (Å²) in [6, 6.07) is 2.92. The van der Waals surface area contributed by atoms with E-state index in [0.29, 0.717) is 6.42 Å². The zero-order valence-electron chi connectivity index (χ0n) is 10.2. The third-order valence-electron chi connectivity index (χ3n) is 3.62. The van der Waals surface area contributed by atoms with Crippen LogP contribution in [0.5, 0.6) is 0 Å². The summed E-state index contributed by atoms with van der Waals surface area (Å²) in [4.78, 5) is 15.8. The molecule has 6 nitrogen and oxygen atoms in total. The van der Waals surface area contributed by atoms with Gasteiger partial charge in [0.2, 0.25) is 5.91 Å². The topological polar surface area (TPSA) is 85.4 Å². The molecule has 1 amide bonds. The number of sulfonamides is 1. The lowest BCUT2D eigenvalue weighted by atomic mass is 9.89. The highest BCUT2D eigenvalue weighted by Crippen LogP contribution is 2.38. The molecule has 0 aliphatic carbocycles. The molecule has 1 aromatic heterocycles. The number of fused-ring (bicyclic) bond motifs is 2. The van der Waals surface area contributed by atoms with E-state index in [1.54, 1.807) is 0 Å².